The fraction of sp³-hybridized carbons (Fsp3) is 0.294. The molecule has 1 aromatic heterocycles. The number of carbonyl (C=O) groups is 1. The van der Waals surface area contributed by atoms with Crippen LogP contribution in [0.2, 0.25) is 0 Å². The molecule has 3 nitrogen and oxygen atoms in total. The maximum absolute atomic E-state index is 13.8. The first-order valence-corrected chi connectivity index (χ1v) is 8.59. The molecule has 0 amide bonds. The van der Waals surface area contributed by atoms with Gasteiger partial charge in [0.15, 0.2) is 5.78 Å². The largest absolute Gasteiger partial charge is 0.302 e. The smallest absolute Gasteiger partial charge is 0.268 e. The Hall–Kier alpha value is -1.53. The normalized spacial score (nSPS) is 13.7. The van der Waals surface area contributed by atoms with E-state index >= 15 is 0 Å². The Morgan fingerprint density at radius 3 is 2.61 bits per heavy atom. The minimum Gasteiger partial charge on any atom is -0.302 e. The van der Waals surface area contributed by atoms with Crippen molar-refractivity contribution in [2.24, 2.45) is 12.5 Å². The molecule has 0 spiro atoms. The van der Waals surface area contributed by atoms with Crippen LogP contribution in [-0.2, 0) is 11.8 Å². The van der Waals surface area contributed by atoms with E-state index in [0.717, 1.165) is 4.47 Å². The Kier molecular flexibility index (Phi) is 5.06. The topological polar surface area (TPSA) is 39.1 Å². The van der Waals surface area contributed by atoms with Crippen LogP contribution in [0.25, 0.3) is 12.2 Å². The molecule has 1 heterocycles. The van der Waals surface area contributed by atoms with Crippen LogP contribution < -0.4 is 14.8 Å². The molecule has 2 rings (SSSR count). The van der Waals surface area contributed by atoms with Gasteiger partial charge in [-0.25, -0.2) is 4.39 Å². The van der Waals surface area contributed by atoms with Crippen molar-refractivity contribution in [3.8, 4) is 0 Å². The van der Waals surface area contributed by atoms with E-state index in [1.807, 2.05) is 20.8 Å². The Morgan fingerprint density at radius 2 is 2.00 bits per heavy atom. The van der Waals surface area contributed by atoms with Gasteiger partial charge in [0.2, 0.25) is 0 Å². The molecule has 23 heavy (non-hydrogen) atoms. The fourth-order valence-corrected chi connectivity index (χ4v) is 3.20. The predicted molar refractivity (Wildman–Crippen MR) is 95.4 cm³/mol. The summed E-state index contributed by atoms with van der Waals surface area (Å²) in [6.07, 6.45) is 2.98. The summed E-state index contributed by atoms with van der Waals surface area (Å²) in [5.74, 6) is -0.463. The molecule has 0 aliphatic carbocycles. The van der Waals surface area contributed by atoms with Crippen molar-refractivity contribution in [1.29, 1.82) is 0 Å². The van der Waals surface area contributed by atoms with E-state index < -0.39 is 11.2 Å². The first kappa shape index (κ1) is 17.8. The van der Waals surface area contributed by atoms with Crippen LogP contribution in [0.5, 0.6) is 0 Å². The van der Waals surface area contributed by atoms with Gasteiger partial charge in [0.05, 0.1) is 4.53 Å². The number of thiazole rings is 1. The quantitative estimate of drug-likeness (QED) is 0.780. The molecule has 0 fully saturated rings. The van der Waals surface area contributed by atoms with Crippen LogP contribution in [0.3, 0.4) is 0 Å². The van der Waals surface area contributed by atoms with Crippen molar-refractivity contribution in [2.45, 2.75) is 20.8 Å². The van der Waals surface area contributed by atoms with E-state index in [9.17, 15) is 14.0 Å². The minimum atomic E-state index is -0.514. The fourth-order valence-electron chi connectivity index (χ4n) is 1.80. The third-order valence-corrected chi connectivity index (χ3v) is 4.91. The Morgan fingerprint density at radius 1 is 1.35 bits per heavy atom. The van der Waals surface area contributed by atoms with E-state index in [2.05, 4.69) is 15.9 Å². The van der Waals surface area contributed by atoms with Crippen LogP contribution in [0.15, 0.2) is 27.5 Å². The molecule has 0 aliphatic rings. The molecule has 6 heteroatoms. The first-order valence-electron chi connectivity index (χ1n) is 6.98. The molecule has 0 N–H and O–H groups in total. The highest BCUT2D eigenvalue weighted by Gasteiger charge is 2.19. The van der Waals surface area contributed by atoms with Crippen molar-refractivity contribution in [1.82, 2.24) is 4.57 Å². The number of aromatic nitrogens is 1. The first-order chi connectivity index (χ1) is 10.6. The maximum atomic E-state index is 13.8. The van der Waals surface area contributed by atoms with Gasteiger partial charge in [-0.1, -0.05) is 36.7 Å². The summed E-state index contributed by atoms with van der Waals surface area (Å²) in [6, 6.07) is 4.54. The highest BCUT2D eigenvalue weighted by atomic mass is 79.9. The van der Waals surface area contributed by atoms with Gasteiger partial charge in [-0.15, -0.1) is 11.3 Å². The number of Topliss-reactive ketones (excluding diaryl/α,β-unsaturated/α-hetero) is 1. The summed E-state index contributed by atoms with van der Waals surface area (Å²) < 4.78 is 16.9. The predicted octanol–water partition coefficient (Wildman–Crippen LogP) is 2.57. The van der Waals surface area contributed by atoms with Gasteiger partial charge in [0, 0.05) is 28.6 Å². The zero-order chi connectivity index (χ0) is 17.4. The second kappa shape index (κ2) is 6.53. The van der Waals surface area contributed by atoms with E-state index in [0.29, 0.717) is 14.8 Å². The van der Waals surface area contributed by atoms with Crippen LogP contribution in [0.4, 0.5) is 4.39 Å². The number of carbonyl (C=O) groups excluding carboxylic acids is 1. The number of nitrogens with zero attached hydrogens (tertiary/aromatic N) is 1. The summed E-state index contributed by atoms with van der Waals surface area (Å²) >= 11 is 4.46. The Labute approximate surface area is 145 Å². The van der Waals surface area contributed by atoms with E-state index in [1.165, 1.54) is 34.1 Å². The Bertz CT molecular complexity index is 935. The summed E-state index contributed by atoms with van der Waals surface area (Å²) in [6.45, 7) is 5.46. The number of benzene rings is 1. The van der Waals surface area contributed by atoms with Crippen molar-refractivity contribution in [3.63, 3.8) is 0 Å². The molecule has 1 aromatic carbocycles. The molecule has 0 aliphatic heterocycles. The second-order valence-electron chi connectivity index (χ2n) is 6.24. The van der Waals surface area contributed by atoms with Crippen molar-refractivity contribution in [3.05, 3.63) is 53.6 Å². The van der Waals surface area contributed by atoms with Crippen molar-refractivity contribution in [2.75, 3.05) is 0 Å². The van der Waals surface area contributed by atoms with Crippen LogP contribution in [0.1, 0.15) is 26.3 Å². The lowest BCUT2D eigenvalue weighted by atomic mass is 9.91. The van der Waals surface area contributed by atoms with Crippen LogP contribution >= 0.6 is 27.3 Å². The van der Waals surface area contributed by atoms with E-state index in [1.54, 1.807) is 19.2 Å². The van der Waals surface area contributed by atoms with Gasteiger partial charge in [-0.05, 0) is 24.3 Å². The highest BCUT2D eigenvalue weighted by molar-refractivity contribution is 9.10. The summed E-state index contributed by atoms with van der Waals surface area (Å²) in [4.78, 5) is 24.4. The van der Waals surface area contributed by atoms with Gasteiger partial charge in [-0.2, -0.15) is 0 Å². The lowest BCUT2D eigenvalue weighted by molar-refractivity contribution is -0.120. The summed E-state index contributed by atoms with van der Waals surface area (Å²) in [7, 11) is 1.61. The molecule has 0 saturated carbocycles. The molecule has 0 saturated heterocycles. The molecule has 0 atom stereocenters. The average molecular weight is 398 g/mol. The SMILES string of the molecule is Cn1c(=O)/c(=C/c2cc(Br)ccc2F)s/c1=C/C(=O)C(C)(C)C. The molecule has 0 radical (unpaired) electrons. The summed E-state index contributed by atoms with van der Waals surface area (Å²) in [5.41, 5.74) is -0.435. The lowest BCUT2D eigenvalue weighted by Crippen LogP contribution is -2.30. The Balaban J connectivity index is 2.64. The third kappa shape index (κ3) is 4.06. The number of hydrogen-bond donors (Lipinski definition) is 0. The van der Waals surface area contributed by atoms with E-state index in [-0.39, 0.29) is 11.3 Å². The highest BCUT2D eigenvalue weighted by Crippen LogP contribution is 2.16. The second-order valence-corrected chi connectivity index (χ2v) is 8.22. The molecular weight excluding hydrogens is 381 g/mol. The van der Waals surface area contributed by atoms with Crippen molar-refractivity contribution < 1.29 is 9.18 Å². The third-order valence-electron chi connectivity index (χ3n) is 3.30. The zero-order valence-corrected chi connectivity index (χ0v) is 15.7. The van der Waals surface area contributed by atoms with Gasteiger partial charge in [0.1, 0.15) is 10.5 Å². The number of rotatable bonds is 2. The van der Waals surface area contributed by atoms with Gasteiger partial charge in [-0.3, -0.25) is 9.59 Å². The molecular formula is C17H17BrFNO2S. The van der Waals surface area contributed by atoms with Gasteiger partial charge in [0.25, 0.3) is 5.56 Å². The lowest BCUT2D eigenvalue weighted by Gasteiger charge is -2.12. The summed E-state index contributed by atoms with van der Waals surface area (Å²) in [5, 5.41) is 0. The molecule has 0 bridgehead atoms. The molecule has 122 valence electrons. The monoisotopic (exact) mass is 397 g/mol. The number of ketones is 1. The van der Waals surface area contributed by atoms with Crippen LogP contribution in [0, 0.1) is 11.2 Å². The minimum absolute atomic E-state index is 0.0606. The average Bonchev–Trinajstić information content (AvgIpc) is 2.70. The van der Waals surface area contributed by atoms with Gasteiger partial charge >= 0.3 is 0 Å². The van der Waals surface area contributed by atoms with Crippen LogP contribution in [-0.4, -0.2) is 10.4 Å². The maximum Gasteiger partial charge on any atom is 0.268 e. The standard InChI is InChI=1S/C17H17BrFNO2S/c1-17(2,3)14(21)9-15-20(4)16(22)13(23-15)8-10-7-11(18)5-6-12(10)19/h5-9H,1-4H3/b13-8-,15-9+. The number of halogens is 2. The van der Waals surface area contributed by atoms with E-state index in [4.69, 9.17) is 0 Å². The molecule has 2 aromatic rings. The van der Waals surface area contributed by atoms with Gasteiger partial charge < -0.3 is 4.57 Å². The van der Waals surface area contributed by atoms with Crippen molar-refractivity contribution >= 4 is 45.2 Å². The number of hydrogen-bond acceptors (Lipinski definition) is 3. The molecule has 0 unspecified atom stereocenters. The zero-order valence-electron chi connectivity index (χ0n) is 13.3.